The number of aliphatic hydroxyl groups excluding tert-OH is 1. The third kappa shape index (κ3) is 4.06. The van der Waals surface area contributed by atoms with E-state index in [1.54, 1.807) is 0 Å². The molecule has 108 valence electrons. The van der Waals surface area contributed by atoms with E-state index in [0.29, 0.717) is 0 Å². The van der Waals surface area contributed by atoms with Crippen LogP contribution in [0, 0.1) is 0 Å². The van der Waals surface area contributed by atoms with Crippen LogP contribution in [0.25, 0.3) is 0 Å². The molecule has 0 aliphatic heterocycles. The van der Waals surface area contributed by atoms with Crippen molar-refractivity contribution in [3.05, 3.63) is 35.4 Å². The van der Waals surface area contributed by atoms with Gasteiger partial charge in [-0.3, -0.25) is 4.79 Å². The zero-order chi connectivity index (χ0) is 15.1. The Hall–Kier alpha value is -2.41. The molecule has 20 heavy (non-hydrogen) atoms. The molecule has 4 N–H and O–H groups in total. The van der Waals surface area contributed by atoms with Gasteiger partial charge in [0.1, 0.15) is 6.04 Å². The fraction of sp³-hybridized carbons (Fsp3) is 0.308. The van der Waals surface area contributed by atoms with Gasteiger partial charge in [-0.15, -0.1) is 0 Å². The molecule has 7 heteroatoms. The van der Waals surface area contributed by atoms with Crippen LogP contribution in [0.5, 0.6) is 0 Å². The summed E-state index contributed by atoms with van der Waals surface area (Å²) in [5.74, 6) is -3.27. The summed E-state index contributed by atoms with van der Waals surface area (Å²) in [6, 6.07) is 4.37. The van der Waals surface area contributed by atoms with E-state index in [2.05, 4.69) is 5.32 Å². The Morgan fingerprint density at radius 3 is 2.20 bits per heavy atom. The number of carbonyl (C=O) groups excluding carboxylic acids is 1. The number of benzene rings is 1. The maximum atomic E-state index is 11.9. The van der Waals surface area contributed by atoms with Crippen molar-refractivity contribution in [1.82, 2.24) is 5.32 Å². The molecule has 0 bridgehead atoms. The van der Waals surface area contributed by atoms with E-state index in [1.165, 1.54) is 24.3 Å². The molecule has 0 aliphatic carbocycles. The molecule has 1 rings (SSSR count). The van der Waals surface area contributed by atoms with Crippen molar-refractivity contribution in [2.75, 3.05) is 6.61 Å². The van der Waals surface area contributed by atoms with Crippen LogP contribution in [-0.4, -0.2) is 45.8 Å². The summed E-state index contributed by atoms with van der Waals surface area (Å²) in [7, 11) is 0. The molecule has 1 amide bonds. The van der Waals surface area contributed by atoms with Crippen molar-refractivity contribution in [3.63, 3.8) is 0 Å². The summed E-state index contributed by atoms with van der Waals surface area (Å²) >= 11 is 0. The van der Waals surface area contributed by atoms with Gasteiger partial charge < -0.3 is 20.6 Å². The second kappa shape index (κ2) is 7.25. The van der Waals surface area contributed by atoms with Gasteiger partial charge in [0.15, 0.2) is 0 Å². The first kappa shape index (κ1) is 15.6. The zero-order valence-corrected chi connectivity index (χ0v) is 10.6. The van der Waals surface area contributed by atoms with E-state index < -0.39 is 23.9 Å². The Labute approximate surface area is 114 Å². The van der Waals surface area contributed by atoms with E-state index in [0.717, 1.165) is 0 Å². The maximum absolute atomic E-state index is 11.9. The Bertz CT molecular complexity index is 513. The number of aromatic carboxylic acids is 1. The van der Waals surface area contributed by atoms with Gasteiger partial charge in [-0.05, 0) is 25.0 Å². The molecule has 1 aromatic rings. The Morgan fingerprint density at radius 2 is 1.70 bits per heavy atom. The number of aliphatic carboxylic acids is 1. The third-order valence-electron chi connectivity index (χ3n) is 2.66. The van der Waals surface area contributed by atoms with Crippen LogP contribution in [0.1, 0.15) is 33.6 Å². The average molecular weight is 281 g/mol. The van der Waals surface area contributed by atoms with E-state index in [1.807, 2.05) is 0 Å². The number of rotatable bonds is 7. The monoisotopic (exact) mass is 281 g/mol. The summed E-state index contributed by atoms with van der Waals surface area (Å²) < 4.78 is 0. The van der Waals surface area contributed by atoms with E-state index in [-0.39, 0.29) is 30.6 Å². The third-order valence-corrected chi connectivity index (χ3v) is 2.66. The fourth-order valence-electron chi connectivity index (χ4n) is 1.66. The van der Waals surface area contributed by atoms with Crippen molar-refractivity contribution in [3.8, 4) is 0 Å². The number of aliphatic hydroxyl groups is 1. The van der Waals surface area contributed by atoms with Crippen LogP contribution in [0.2, 0.25) is 0 Å². The maximum Gasteiger partial charge on any atom is 0.336 e. The smallest absolute Gasteiger partial charge is 0.336 e. The van der Waals surface area contributed by atoms with Crippen molar-refractivity contribution < 1.29 is 29.7 Å². The van der Waals surface area contributed by atoms with E-state index in [9.17, 15) is 14.4 Å². The Kier molecular flexibility index (Phi) is 5.67. The summed E-state index contributed by atoms with van der Waals surface area (Å²) in [4.78, 5) is 33.9. The Balaban J connectivity index is 2.89. The van der Waals surface area contributed by atoms with Crippen LogP contribution in [0.15, 0.2) is 24.3 Å². The molecule has 0 aliphatic rings. The lowest BCUT2D eigenvalue weighted by atomic mass is 10.1. The number of hydrogen-bond acceptors (Lipinski definition) is 4. The van der Waals surface area contributed by atoms with Crippen LogP contribution < -0.4 is 5.32 Å². The molecule has 0 saturated carbocycles. The molecular weight excluding hydrogens is 266 g/mol. The number of carbonyl (C=O) groups is 3. The summed E-state index contributed by atoms with van der Waals surface area (Å²) in [6.45, 7) is -0.189. The highest BCUT2D eigenvalue weighted by atomic mass is 16.4. The van der Waals surface area contributed by atoms with Crippen LogP contribution in [0.3, 0.4) is 0 Å². The van der Waals surface area contributed by atoms with Crippen molar-refractivity contribution in [1.29, 1.82) is 0 Å². The van der Waals surface area contributed by atoms with Crippen LogP contribution in [-0.2, 0) is 4.79 Å². The molecule has 0 spiro atoms. The number of carboxylic acids is 2. The zero-order valence-electron chi connectivity index (χ0n) is 10.6. The summed E-state index contributed by atoms with van der Waals surface area (Å²) in [5, 5.41) is 28.9. The molecule has 0 radical (unpaired) electrons. The molecule has 0 saturated heterocycles. The first-order valence-corrected chi connectivity index (χ1v) is 5.94. The normalized spacial score (nSPS) is 11.7. The predicted octanol–water partition coefficient (Wildman–Crippen LogP) is 0.340. The number of hydrogen-bond donors (Lipinski definition) is 4. The lowest BCUT2D eigenvalue weighted by Gasteiger charge is -2.14. The molecule has 1 atom stereocenters. The Morgan fingerprint density at radius 1 is 1.10 bits per heavy atom. The lowest BCUT2D eigenvalue weighted by Crippen LogP contribution is -2.41. The molecule has 0 fully saturated rings. The van der Waals surface area contributed by atoms with Crippen LogP contribution >= 0.6 is 0 Å². The van der Waals surface area contributed by atoms with Crippen molar-refractivity contribution in [2.24, 2.45) is 0 Å². The first-order chi connectivity index (χ1) is 9.47. The molecule has 1 aromatic carbocycles. The van der Waals surface area contributed by atoms with Crippen LogP contribution in [0.4, 0.5) is 0 Å². The lowest BCUT2D eigenvalue weighted by molar-refractivity contribution is -0.139. The largest absolute Gasteiger partial charge is 0.480 e. The number of amides is 1. The number of nitrogens with one attached hydrogen (secondary N) is 1. The topological polar surface area (TPSA) is 124 Å². The first-order valence-electron chi connectivity index (χ1n) is 5.94. The SMILES string of the molecule is O=C(O)c1ccccc1C(=O)NC(CCCO)C(=O)O. The quantitative estimate of drug-likeness (QED) is 0.571. The minimum atomic E-state index is -1.27. The molecular formula is C13H15NO6. The van der Waals surface area contributed by atoms with Gasteiger partial charge in [0, 0.05) is 6.61 Å². The average Bonchev–Trinajstić information content (AvgIpc) is 2.42. The van der Waals surface area contributed by atoms with Gasteiger partial charge in [0.25, 0.3) is 5.91 Å². The van der Waals surface area contributed by atoms with Gasteiger partial charge in [-0.2, -0.15) is 0 Å². The van der Waals surface area contributed by atoms with E-state index >= 15 is 0 Å². The second-order valence-electron chi connectivity index (χ2n) is 4.08. The summed E-state index contributed by atoms with van der Waals surface area (Å²) in [6.07, 6.45) is 0.282. The van der Waals surface area contributed by atoms with Gasteiger partial charge in [-0.1, -0.05) is 12.1 Å². The molecule has 1 unspecified atom stereocenters. The van der Waals surface area contributed by atoms with Gasteiger partial charge in [0.2, 0.25) is 0 Å². The number of carboxylic acid groups (broad SMARTS) is 2. The molecule has 0 heterocycles. The highest BCUT2D eigenvalue weighted by molar-refractivity contribution is 6.05. The molecule has 7 nitrogen and oxygen atoms in total. The van der Waals surface area contributed by atoms with Crippen molar-refractivity contribution in [2.45, 2.75) is 18.9 Å². The summed E-state index contributed by atoms with van der Waals surface area (Å²) in [5.41, 5.74) is -0.299. The van der Waals surface area contributed by atoms with Gasteiger partial charge in [0.05, 0.1) is 11.1 Å². The second-order valence-corrected chi connectivity index (χ2v) is 4.08. The minimum absolute atomic E-state index is 0.0623. The highest BCUT2D eigenvalue weighted by Crippen LogP contribution is 2.09. The van der Waals surface area contributed by atoms with E-state index in [4.69, 9.17) is 15.3 Å². The minimum Gasteiger partial charge on any atom is -0.480 e. The van der Waals surface area contributed by atoms with Gasteiger partial charge in [-0.25, -0.2) is 9.59 Å². The fourth-order valence-corrected chi connectivity index (χ4v) is 1.66. The standard InChI is InChI=1S/C13H15NO6/c15-7-3-6-10(13(19)20)14-11(16)8-4-1-2-5-9(8)12(17)18/h1-2,4-5,10,15H,3,6-7H2,(H,14,16)(H,17,18)(H,19,20). The predicted molar refractivity (Wildman–Crippen MR) is 68.6 cm³/mol. The highest BCUT2D eigenvalue weighted by Gasteiger charge is 2.22. The van der Waals surface area contributed by atoms with Gasteiger partial charge >= 0.3 is 11.9 Å². The van der Waals surface area contributed by atoms with Crippen molar-refractivity contribution >= 4 is 17.8 Å². The molecule has 0 aromatic heterocycles.